The minimum atomic E-state index is -0.339. The molecule has 0 fully saturated rings. The number of hydrogen-bond donors (Lipinski definition) is 0. The Hall–Kier alpha value is -3.10. The summed E-state index contributed by atoms with van der Waals surface area (Å²) in [5.74, 6) is -0.308. The van der Waals surface area contributed by atoms with Gasteiger partial charge in [-0.1, -0.05) is 42.1 Å². The highest BCUT2D eigenvalue weighted by Crippen LogP contribution is 2.31. The standard InChI is InChI=1S/C23H15F2N3OS2/c24-16-9-7-14(8-10-16)12-28-22(29)20-19(17-5-3-11-26-21(17)31-20)27-23(28)30-13-15-4-1-2-6-18(15)25/h1-11H,12-13H2. The summed E-state index contributed by atoms with van der Waals surface area (Å²) in [5.41, 5.74) is 1.72. The number of thioether (sulfide) groups is 1. The van der Waals surface area contributed by atoms with Gasteiger partial charge in [-0.15, -0.1) is 11.3 Å². The molecule has 0 atom stereocenters. The summed E-state index contributed by atoms with van der Waals surface area (Å²) in [5, 5.41) is 1.30. The lowest BCUT2D eigenvalue weighted by Gasteiger charge is -2.12. The van der Waals surface area contributed by atoms with Gasteiger partial charge in [-0.3, -0.25) is 9.36 Å². The van der Waals surface area contributed by atoms with Crippen LogP contribution in [-0.2, 0) is 12.3 Å². The number of halogens is 2. The SMILES string of the molecule is O=c1c2sc3ncccc3c2nc(SCc2ccccc2F)n1Cc1ccc(F)cc1. The molecule has 4 nitrogen and oxygen atoms in total. The summed E-state index contributed by atoms with van der Waals surface area (Å²) in [6, 6.07) is 16.3. The molecule has 0 spiro atoms. The van der Waals surface area contributed by atoms with E-state index in [-0.39, 0.29) is 23.7 Å². The van der Waals surface area contributed by atoms with Crippen LogP contribution < -0.4 is 5.56 Å². The van der Waals surface area contributed by atoms with Crippen molar-refractivity contribution in [1.29, 1.82) is 0 Å². The molecule has 5 aromatic rings. The van der Waals surface area contributed by atoms with Crippen molar-refractivity contribution in [3.8, 4) is 0 Å². The molecule has 154 valence electrons. The maximum Gasteiger partial charge on any atom is 0.272 e. The van der Waals surface area contributed by atoms with Crippen LogP contribution in [0.3, 0.4) is 0 Å². The first kappa shape index (κ1) is 19.8. The molecule has 31 heavy (non-hydrogen) atoms. The Kier molecular flexibility index (Phi) is 5.25. The Balaban J connectivity index is 1.64. The topological polar surface area (TPSA) is 47.8 Å². The largest absolute Gasteiger partial charge is 0.282 e. The van der Waals surface area contributed by atoms with Crippen molar-refractivity contribution in [3.05, 3.63) is 100.0 Å². The summed E-state index contributed by atoms with van der Waals surface area (Å²) < 4.78 is 29.5. The number of fused-ring (bicyclic) bond motifs is 3. The Morgan fingerprint density at radius 2 is 1.81 bits per heavy atom. The van der Waals surface area contributed by atoms with E-state index in [1.165, 1.54) is 41.3 Å². The zero-order valence-electron chi connectivity index (χ0n) is 16.1. The summed E-state index contributed by atoms with van der Waals surface area (Å²) in [7, 11) is 0. The lowest BCUT2D eigenvalue weighted by atomic mass is 10.2. The highest BCUT2D eigenvalue weighted by atomic mass is 32.2. The van der Waals surface area contributed by atoms with E-state index in [0.717, 1.165) is 15.8 Å². The van der Waals surface area contributed by atoms with E-state index < -0.39 is 0 Å². The van der Waals surface area contributed by atoms with Crippen molar-refractivity contribution in [2.75, 3.05) is 0 Å². The Labute approximate surface area is 184 Å². The normalized spacial score (nSPS) is 11.4. The molecule has 0 aliphatic rings. The second kappa shape index (κ2) is 8.20. The quantitative estimate of drug-likeness (QED) is 0.257. The van der Waals surface area contributed by atoms with Gasteiger partial charge in [0.2, 0.25) is 0 Å². The molecule has 0 amide bonds. The van der Waals surface area contributed by atoms with Crippen LogP contribution in [0.4, 0.5) is 8.78 Å². The van der Waals surface area contributed by atoms with Gasteiger partial charge in [0, 0.05) is 17.3 Å². The van der Waals surface area contributed by atoms with Crippen LogP contribution in [0.25, 0.3) is 20.4 Å². The molecule has 0 unspecified atom stereocenters. The van der Waals surface area contributed by atoms with Crippen molar-refractivity contribution in [1.82, 2.24) is 14.5 Å². The summed E-state index contributed by atoms with van der Waals surface area (Å²) in [4.78, 5) is 23.3. The van der Waals surface area contributed by atoms with Crippen molar-refractivity contribution < 1.29 is 8.78 Å². The summed E-state index contributed by atoms with van der Waals surface area (Å²) >= 11 is 2.60. The van der Waals surface area contributed by atoms with Gasteiger partial charge in [-0.25, -0.2) is 18.7 Å². The van der Waals surface area contributed by atoms with Gasteiger partial charge in [0.15, 0.2) is 5.16 Å². The average Bonchev–Trinajstić information content (AvgIpc) is 3.16. The fraction of sp³-hybridized carbons (Fsp3) is 0.0870. The van der Waals surface area contributed by atoms with Gasteiger partial charge in [0.25, 0.3) is 5.56 Å². The molecule has 0 saturated carbocycles. The fourth-order valence-electron chi connectivity index (χ4n) is 3.32. The van der Waals surface area contributed by atoms with E-state index in [9.17, 15) is 13.6 Å². The van der Waals surface area contributed by atoms with Crippen LogP contribution in [-0.4, -0.2) is 14.5 Å². The third-order valence-corrected chi connectivity index (χ3v) is 7.00. The summed E-state index contributed by atoms with van der Waals surface area (Å²) in [6.45, 7) is 0.239. The van der Waals surface area contributed by atoms with Crippen LogP contribution >= 0.6 is 23.1 Å². The van der Waals surface area contributed by atoms with Crippen LogP contribution in [0.5, 0.6) is 0 Å². The molecule has 0 aliphatic heterocycles. The number of pyridine rings is 1. The highest BCUT2D eigenvalue weighted by Gasteiger charge is 2.17. The van der Waals surface area contributed by atoms with Crippen molar-refractivity contribution in [3.63, 3.8) is 0 Å². The van der Waals surface area contributed by atoms with Crippen LogP contribution in [0.15, 0.2) is 76.8 Å². The zero-order valence-corrected chi connectivity index (χ0v) is 17.7. The van der Waals surface area contributed by atoms with E-state index in [4.69, 9.17) is 4.98 Å². The van der Waals surface area contributed by atoms with Gasteiger partial charge < -0.3 is 0 Å². The van der Waals surface area contributed by atoms with Gasteiger partial charge in [0.1, 0.15) is 21.2 Å². The zero-order chi connectivity index (χ0) is 21.4. The molecular formula is C23H15F2N3OS2. The number of hydrogen-bond acceptors (Lipinski definition) is 5. The smallest absolute Gasteiger partial charge is 0.272 e. The van der Waals surface area contributed by atoms with Crippen molar-refractivity contribution >= 4 is 43.5 Å². The van der Waals surface area contributed by atoms with Crippen molar-refractivity contribution in [2.24, 2.45) is 0 Å². The Morgan fingerprint density at radius 1 is 1.00 bits per heavy atom. The third kappa shape index (κ3) is 3.84. The molecule has 0 aliphatic carbocycles. The van der Waals surface area contributed by atoms with Gasteiger partial charge in [-0.05, 0) is 41.5 Å². The fourth-order valence-corrected chi connectivity index (χ4v) is 5.33. The molecule has 0 radical (unpaired) electrons. The van der Waals surface area contributed by atoms with Crippen LogP contribution in [0.2, 0.25) is 0 Å². The predicted molar refractivity (Wildman–Crippen MR) is 121 cm³/mol. The maximum absolute atomic E-state index is 14.1. The first-order chi connectivity index (χ1) is 15.1. The first-order valence-corrected chi connectivity index (χ1v) is 11.3. The minimum Gasteiger partial charge on any atom is -0.282 e. The second-order valence-electron chi connectivity index (χ2n) is 6.93. The van der Waals surface area contributed by atoms with Crippen LogP contribution in [0.1, 0.15) is 11.1 Å². The number of aromatic nitrogens is 3. The van der Waals surface area contributed by atoms with E-state index in [2.05, 4.69) is 4.98 Å². The molecular weight excluding hydrogens is 436 g/mol. The lowest BCUT2D eigenvalue weighted by molar-refractivity contribution is 0.616. The Morgan fingerprint density at radius 3 is 2.61 bits per heavy atom. The minimum absolute atomic E-state index is 0.187. The number of rotatable bonds is 5. The molecule has 3 aromatic heterocycles. The predicted octanol–water partition coefficient (Wildman–Crippen LogP) is 5.63. The molecule has 5 rings (SSSR count). The van der Waals surface area contributed by atoms with E-state index in [0.29, 0.717) is 26.7 Å². The number of nitrogens with zero attached hydrogens (tertiary/aromatic N) is 3. The van der Waals surface area contributed by atoms with Gasteiger partial charge in [0.05, 0.1) is 12.1 Å². The van der Waals surface area contributed by atoms with Crippen LogP contribution in [0, 0.1) is 11.6 Å². The first-order valence-electron chi connectivity index (χ1n) is 9.49. The van der Waals surface area contributed by atoms with E-state index in [1.807, 2.05) is 12.1 Å². The monoisotopic (exact) mass is 451 g/mol. The van der Waals surface area contributed by atoms with E-state index >= 15 is 0 Å². The lowest BCUT2D eigenvalue weighted by Crippen LogP contribution is -2.23. The second-order valence-corrected chi connectivity index (χ2v) is 8.87. The molecule has 2 aromatic carbocycles. The molecule has 0 saturated heterocycles. The number of thiophene rings is 1. The number of benzene rings is 2. The summed E-state index contributed by atoms with van der Waals surface area (Å²) in [6.07, 6.45) is 1.68. The third-order valence-electron chi connectivity index (χ3n) is 4.89. The average molecular weight is 452 g/mol. The molecule has 0 bridgehead atoms. The maximum atomic E-state index is 14.1. The van der Waals surface area contributed by atoms with Gasteiger partial charge >= 0.3 is 0 Å². The van der Waals surface area contributed by atoms with Crippen molar-refractivity contribution in [2.45, 2.75) is 17.5 Å². The molecule has 3 heterocycles. The molecule has 8 heteroatoms. The van der Waals surface area contributed by atoms with Gasteiger partial charge in [-0.2, -0.15) is 0 Å². The Bertz CT molecular complexity index is 1460. The van der Waals surface area contributed by atoms with E-state index in [1.54, 1.807) is 41.1 Å². The highest BCUT2D eigenvalue weighted by molar-refractivity contribution is 7.98. The molecule has 0 N–H and O–H groups in total.